The second-order valence-electron chi connectivity index (χ2n) is 6.08. The van der Waals surface area contributed by atoms with Crippen molar-refractivity contribution in [2.24, 2.45) is 0 Å². The number of unbranched alkanes of at least 4 members (excludes halogenated alkanes) is 3. The van der Waals surface area contributed by atoms with Crippen LogP contribution in [0.4, 0.5) is 4.39 Å². The Balaban J connectivity index is 2.88. The number of hydrogen-bond donors (Lipinski definition) is 0. The van der Waals surface area contributed by atoms with E-state index in [9.17, 15) is 4.39 Å². The number of nitrogens with zero attached hydrogens (tertiary/aromatic N) is 1. The van der Waals surface area contributed by atoms with Gasteiger partial charge in [-0.05, 0) is 0 Å². The van der Waals surface area contributed by atoms with Crippen molar-refractivity contribution in [3.8, 4) is 0 Å². The second kappa shape index (κ2) is 10.6. The molecule has 2 radical (unpaired) electrons. The molecule has 0 unspecified atom stereocenters. The molecule has 0 saturated heterocycles. The first kappa shape index (κ1) is 18.9. The Kier molecular flexibility index (Phi) is 9.53. The van der Waals surface area contributed by atoms with E-state index in [0.29, 0.717) is 3.43 Å². The molecule has 1 aromatic rings. The van der Waals surface area contributed by atoms with Gasteiger partial charge in [-0.3, -0.25) is 0 Å². The van der Waals surface area contributed by atoms with Gasteiger partial charge in [0.2, 0.25) is 0 Å². The fraction of sp³-hybridized carbons (Fsp3) is 0.722. The van der Waals surface area contributed by atoms with E-state index in [1.165, 1.54) is 63.9 Å². The van der Waals surface area contributed by atoms with Crippen molar-refractivity contribution in [1.29, 1.82) is 0 Å². The van der Waals surface area contributed by atoms with Crippen LogP contribution in [0.2, 0.25) is 3.43 Å². The molecule has 0 aliphatic rings. The predicted molar refractivity (Wildman–Crippen MR) is 90.9 cm³/mol. The summed E-state index contributed by atoms with van der Waals surface area (Å²) in [5, 5.41) is 0. The Labute approximate surface area is 140 Å². The summed E-state index contributed by atoms with van der Waals surface area (Å²) < 4.78 is 15.1. The normalized spacial score (nSPS) is 11.8. The van der Waals surface area contributed by atoms with Crippen molar-refractivity contribution in [3.05, 3.63) is 24.1 Å². The number of aromatic nitrogens is 1. The molecule has 0 fully saturated rings. The summed E-state index contributed by atoms with van der Waals surface area (Å²) in [5.74, 6) is -0.115. The first-order valence-electron chi connectivity index (χ1n) is 8.55. The van der Waals surface area contributed by atoms with Crippen molar-refractivity contribution in [2.45, 2.75) is 82.0 Å². The molecule has 1 rings (SSSR count). The molecule has 0 aliphatic carbocycles. The maximum absolute atomic E-state index is 13.5. The molecule has 0 N–H and O–H groups in total. The van der Waals surface area contributed by atoms with Crippen LogP contribution < -0.4 is 3.71 Å². The van der Waals surface area contributed by atoms with Crippen LogP contribution in [0.15, 0.2) is 18.3 Å². The van der Waals surface area contributed by atoms with E-state index in [-0.39, 0.29) is 5.82 Å². The summed E-state index contributed by atoms with van der Waals surface area (Å²) >= 11 is -0.868. The number of pyridine rings is 1. The van der Waals surface area contributed by atoms with Gasteiger partial charge in [-0.15, -0.1) is 0 Å². The van der Waals surface area contributed by atoms with Gasteiger partial charge in [-0.1, -0.05) is 0 Å². The van der Waals surface area contributed by atoms with Crippen LogP contribution in [0.3, 0.4) is 0 Å². The zero-order valence-electron chi connectivity index (χ0n) is 13.9. The van der Waals surface area contributed by atoms with Gasteiger partial charge in [0.15, 0.2) is 0 Å². The molecule has 0 amide bonds. The SMILES string of the molecule is CCCC[C](CCCC)(CCCC)[Sn][c]1cc(F)ccn1. The molecule has 0 spiro atoms. The van der Waals surface area contributed by atoms with E-state index >= 15 is 0 Å². The van der Waals surface area contributed by atoms with Crippen LogP contribution in [0.25, 0.3) is 0 Å². The van der Waals surface area contributed by atoms with Crippen molar-refractivity contribution in [3.63, 3.8) is 0 Å². The van der Waals surface area contributed by atoms with Crippen LogP contribution in [0, 0.1) is 5.82 Å². The Morgan fingerprint density at radius 2 is 1.52 bits per heavy atom. The van der Waals surface area contributed by atoms with E-state index in [1.807, 2.05) is 0 Å². The first-order valence-corrected chi connectivity index (χ1v) is 11.4. The van der Waals surface area contributed by atoms with Gasteiger partial charge in [-0.25, -0.2) is 0 Å². The minimum atomic E-state index is -0.868. The van der Waals surface area contributed by atoms with E-state index in [0.717, 1.165) is 3.71 Å². The first-order chi connectivity index (χ1) is 10.2. The molecular formula is C18H30FNSn. The van der Waals surface area contributed by atoms with Gasteiger partial charge >= 0.3 is 140 Å². The Hall–Kier alpha value is -0.121. The monoisotopic (exact) mass is 399 g/mol. The van der Waals surface area contributed by atoms with E-state index in [1.54, 1.807) is 12.3 Å². The molecule has 21 heavy (non-hydrogen) atoms. The summed E-state index contributed by atoms with van der Waals surface area (Å²) in [6.07, 6.45) is 13.3. The Morgan fingerprint density at radius 3 is 1.95 bits per heavy atom. The van der Waals surface area contributed by atoms with E-state index in [2.05, 4.69) is 25.8 Å². The molecule has 1 heterocycles. The van der Waals surface area contributed by atoms with Gasteiger partial charge in [0.1, 0.15) is 0 Å². The molecule has 1 aromatic heterocycles. The van der Waals surface area contributed by atoms with Gasteiger partial charge in [0.05, 0.1) is 0 Å². The zero-order valence-corrected chi connectivity index (χ0v) is 16.8. The fourth-order valence-electron chi connectivity index (χ4n) is 2.85. The Morgan fingerprint density at radius 1 is 1.00 bits per heavy atom. The average Bonchev–Trinajstić information content (AvgIpc) is 2.48. The van der Waals surface area contributed by atoms with Gasteiger partial charge < -0.3 is 0 Å². The summed E-state index contributed by atoms with van der Waals surface area (Å²) in [5.41, 5.74) is 0. The van der Waals surface area contributed by atoms with Crippen molar-refractivity contribution < 1.29 is 4.39 Å². The van der Waals surface area contributed by atoms with Gasteiger partial charge in [-0.2, -0.15) is 0 Å². The number of halogens is 1. The van der Waals surface area contributed by atoms with Crippen LogP contribution in [-0.4, -0.2) is 26.1 Å². The molecule has 0 atom stereocenters. The molecule has 0 aromatic carbocycles. The van der Waals surface area contributed by atoms with Crippen LogP contribution in [0.1, 0.15) is 78.6 Å². The molecule has 0 aliphatic heterocycles. The van der Waals surface area contributed by atoms with Gasteiger partial charge in [0.25, 0.3) is 0 Å². The molecule has 3 heteroatoms. The minimum absolute atomic E-state index is 0.115. The van der Waals surface area contributed by atoms with E-state index in [4.69, 9.17) is 0 Å². The predicted octanol–water partition coefficient (Wildman–Crippen LogP) is 5.28. The third-order valence-electron chi connectivity index (χ3n) is 4.14. The second-order valence-corrected chi connectivity index (χ2v) is 11.3. The zero-order chi connectivity index (χ0) is 15.6. The van der Waals surface area contributed by atoms with Crippen LogP contribution in [0.5, 0.6) is 0 Å². The van der Waals surface area contributed by atoms with Crippen molar-refractivity contribution in [2.75, 3.05) is 0 Å². The third kappa shape index (κ3) is 7.12. The third-order valence-corrected chi connectivity index (χ3v) is 9.31. The molecule has 0 bridgehead atoms. The Bertz CT molecular complexity index is 373. The summed E-state index contributed by atoms with van der Waals surface area (Å²) in [6.45, 7) is 6.82. The van der Waals surface area contributed by atoms with Crippen molar-refractivity contribution in [1.82, 2.24) is 4.98 Å². The topological polar surface area (TPSA) is 12.9 Å². The van der Waals surface area contributed by atoms with Crippen molar-refractivity contribution >= 4 is 24.9 Å². The number of hydrogen-bond acceptors (Lipinski definition) is 1. The quantitative estimate of drug-likeness (QED) is 0.463. The van der Waals surface area contributed by atoms with Gasteiger partial charge in [0, 0.05) is 0 Å². The van der Waals surface area contributed by atoms with E-state index < -0.39 is 21.1 Å². The summed E-state index contributed by atoms with van der Waals surface area (Å²) in [4.78, 5) is 4.48. The molecule has 1 nitrogen and oxygen atoms in total. The molecular weight excluding hydrogens is 368 g/mol. The van der Waals surface area contributed by atoms with Crippen LogP contribution >= 0.6 is 0 Å². The standard InChI is InChI=1S/C13H27.C5H3FN.Sn/c1-4-7-10-13(11-8-5-2)12-9-6-3;6-5-1-3-7-4-2-5;/h4-12H2,1-3H3;1-3H;. The molecule has 118 valence electrons. The fourth-order valence-corrected chi connectivity index (χ4v) is 7.98. The average molecular weight is 398 g/mol. The molecule has 0 saturated carbocycles. The summed E-state index contributed by atoms with van der Waals surface area (Å²) in [7, 11) is 0. The van der Waals surface area contributed by atoms with Crippen LogP contribution in [-0.2, 0) is 0 Å². The maximum atomic E-state index is 13.5. The summed E-state index contributed by atoms with van der Waals surface area (Å²) in [6, 6.07) is 3.17. The number of rotatable bonds is 11.